The van der Waals surface area contributed by atoms with Crippen molar-refractivity contribution in [1.29, 1.82) is 0 Å². The zero-order chi connectivity index (χ0) is 13.3. The normalized spacial score (nSPS) is 10.4. The van der Waals surface area contributed by atoms with Gasteiger partial charge in [0.1, 0.15) is 0 Å². The van der Waals surface area contributed by atoms with Gasteiger partial charge in [-0.15, -0.1) is 0 Å². The minimum Gasteiger partial charge on any atom is -0.358 e. The molecule has 0 spiro atoms. The third-order valence-corrected chi connectivity index (χ3v) is 2.47. The number of rotatable bonds is 8. The third kappa shape index (κ3) is 7.74. The van der Waals surface area contributed by atoms with E-state index < -0.39 is 0 Å². The number of amides is 2. The molecule has 0 rings (SSSR count). The zero-order valence-corrected chi connectivity index (χ0v) is 11.4. The van der Waals surface area contributed by atoms with Crippen molar-refractivity contribution in [3.05, 3.63) is 0 Å². The van der Waals surface area contributed by atoms with Crippen LogP contribution in [-0.2, 0) is 9.59 Å². The van der Waals surface area contributed by atoms with Crippen LogP contribution in [0.5, 0.6) is 0 Å². The van der Waals surface area contributed by atoms with Crippen LogP contribution in [0.4, 0.5) is 0 Å². The lowest BCUT2D eigenvalue weighted by Gasteiger charge is -2.20. The predicted octanol–water partition coefficient (Wildman–Crippen LogP) is 0.359. The summed E-state index contributed by atoms with van der Waals surface area (Å²) in [5.41, 5.74) is 0. The van der Waals surface area contributed by atoms with Crippen molar-refractivity contribution in [3.8, 4) is 0 Å². The molecule has 0 saturated carbocycles. The van der Waals surface area contributed by atoms with E-state index in [-0.39, 0.29) is 18.4 Å². The van der Waals surface area contributed by atoms with E-state index in [1.807, 2.05) is 6.92 Å². The van der Waals surface area contributed by atoms with E-state index in [1.165, 1.54) is 0 Å². The number of likely N-dealkylation sites (N-methyl/N-ethyl adjacent to an activating group) is 2. The Kier molecular flexibility index (Phi) is 8.40. The van der Waals surface area contributed by atoms with Crippen LogP contribution in [0.25, 0.3) is 0 Å². The number of hydrogen-bond donors (Lipinski definition) is 2. The maximum absolute atomic E-state index is 11.8. The molecule has 0 aromatic rings. The van der Waals surface area contributed by atoms with E-state index in [9.17, 15) is 9.59 Å². The summed E-state index contributed by atoms with van der Waals surface area (Å²) in [5.74, 6) is -0.0813. The van der Waals surface area contributed by atoms with Crippen LogP contribution < -0.4 is 10.6 Å². The standard InChI is InChI=1S/C12H25N3O2/c1-5-15(9-11(16)13-4)12(17)7-6-8-14-10(2)3/h10,14H,5-9H2,1-4H3,(H,13,16). The van der Waals surface area contributed by atoms with Gasteiger partial charge in [-0.25, -0.2) is 0 Å². The fraction of sp³-hybridized carbons (Fsp3) is 0.833. The number of nitrogens with zero attached hydrogens (tertiary/aromatic N) is 1. The van der Waals surface area contributed by atoms with Gasteiger partial charge in [0.25, 0.3) is 0 Å². The van der Waals surface area contributed by atoms with Gasteiger partial charge >= 0.3 is 0 Å². The maximum atomic E-state index is 11.8. The molecular weight excluding hydrogens is 218 g/mol. The molecule has 5 heteroatoms. The Morgan fingerprint density at radius 2 is 1.94 bits per heavy atom. The van der Waals surface area contributed by atoms with E-state index in [4.69, 9.17) is 0 Å². The van der Waals surface area contributed by atoms with Gasteiger partial charge in [0.05, 0.1) is 6.54 Å². The van der Waals surface area contributed by atoms with Crippen LogP contribution in [0, 0.1) is 0 Å². The maximum Gasteiger partial charge on any atom is 0.239 e. The van der Waals surface area contributed by atoms with E-state index >= 15 is 0 Å². The zero-order valence-electron chi connectivity index (χ0n) is 11.4. The summed E-state index contributed by atoms with van der Waals surface area (Å²) in [6.07, 6.45) is 1.30. The first-order valence-electron chi connectivity index (χ1n) is 6.23. The molecule has 0 bridgehead atoms. The Hall–Kier alpha value is -1.10. The first kappa shape index (κ1) is 15.9. The summed E-state index contributed by atoms with van der Waals surface area (Å²) in [6, 6.07) is 0.443. The second-order valence-electron chi connectivity index (χ2n) is 4.29. The highest BCUT2D eigenvalue weighted by molar-refractivity contribution is 5.84. The molecule has 0 aromatic carbocycles. The van der Waals surface area contributed by atoms with E-state index in [2.05, 4.69) is 24.5 Å². The van der Waals surface area contributed by atoms with Gasteiger partial charge in [-0.1, -0.05) is 13.8 Å². The largest absolute Gasteiger partial charge is 0.358 e. The van der Waals surface area contributed by atoms with Crippen LogP contribution in [-0.4, -0.2) is 49.4 Å². The Morgan fingerprint density at radius 3 is 2.41 bits per heavy atom. The lowest BCUT2D eigenvalue weighted by atomic mass is 10.2. The summed E-state index contributed by atoms with van der Waals surface area (Å²) in [5, 5.41) is 5.78. The number of hydrogen-bond acceptors (Lipinski definition) is 3. The number of carbonyl (C=O) groups is 2. The SMILES string of the molecule is CCN(CC(=O)NC)C(=O)CCCNC(C)C. The quantitative estimate of drug-likeness (QED) is 0.605. The topological polar surface area (TPSA) is 61.4 Å². The smallest absolute Gasteiger partial charge is 0.239 e. The minimum atomic E-state index is -0.125. The fourth-order valence-corrected chi connectivity index (χ4v) is 1.42. The predicted molar refractivity (Wildman–Crippen MR) is 68.7 cm³/mol. The second-order valence-corrected chi connectivity index (χ2v) is 4.29. The molecule has 0 radical (unpaired) electrons. The highest BCUT2D eigenvalue weighted by atomic mass is 16.2. The lowest BCUT2D eigenvalue weighted by molar-refractivity contribution is -0.135. The van der Waals surface area contributed by atoms with Crippen molar-refractivity contribution in [2.24, 2.45) is 0 Å². The van der Waals surface area contributed by atoms with Gasteiger partial charge in [0.2, 0.25) is 11.8 Å². The molecule has 0 unspecified atom stereocenters. The Labute approximate surface area is 104 Å². The molecule has 0 heterocycles. The summed E-state index contributed by atoms with van der Waals surface area (Å²) >= 11 is 0. The van der Waals surface area contributed by atoms with Crippen molar-refractivity contribution in [2.45, 2.75) is 39.7 Å². The highest BCUT2D eigenvalue weighted by Gasteiger charge is 2.13. The highest BCUT2D eigenvalue weighted by Crippen LogP contribution is 1.97. The van der Waals surface area contributed by atoms with Gasteiger partial charge in [0.15, 0.2) is 0 Å². The molecule has 0 aliphatic rings. The average Bonchev–Trinajstić information content (AvgIpc) is 2.30. The van der Waals surface area contributed by atoms with E-state index in [1.54, 1.807) is 11.9 Å². The fourth-order valence-electron chi connectivity index (χ4n) is 1.42. The van der Waals surface area contributed by atoms with Gasteiger partial charge in [0, 0.05) is 26.1 Å². The van der Waals surface area contributed by atoms with Crippen LogP contribution in [0.2, 0.25) is 0 Å². The summed E-state index contributed by atoms with van der Waals surface area (Å²) in [7, 11) is 1.58. The van der Waals surface area contributed by atoms with Crippen molar-refractivity contribution >= 4 is 11.8 Å². The third-order valence-electron chi connectivity index (χ3n) is 2.47. The van der Waals surface area contributed by atoms with Crippen LogP contribution in [0.3, 0.4) is 0 Å². The molecule has 5 nitrogen and oxygen atoms in total. The molecule has 17 heavy (non-hydrogen) atoms. The number of nitrogens with one attached hydrogen (secondary N) is 2. The molecule has 0 aliphatic carbocycles. The molecule has 2 amide bonds. The average molecular weight is 243 g/mol. The van der Waals surface area contributed by atoms with E-state index in [0.29, 0.717) is 19.0 Å². The molecule has 0 saturated heterocycles. The summed E-state index contributed by atoms with van der Waals surface area (Å²) in [4.78, 5) is 24.6. The molecule has 100 valence electrons. The van der Waals surface area contributed by atoms with Gasteiger partial charge in [-0.2, -0.15) is 0 Å². The molecular formula is C12H25N3O2. The Balaban J connectivity index is 3.88. The number of carbonyl (C=O) groups excluding carboxylic acids is 2. The molecule has 0 fully saturated rings. The summed E-state index contributed by atoms with van der Waals surface area (Å²) < 4.78 is 0. The molecule has 2 N–H and O–H groups in total. The van der Waals surface area contributed by atoms with Gasteiger partial charge in [-0.3, -0.25) is 9.59 Å². The van der Waals surface area contributed by atoms with Crippen LogP contribution in [0.15, 0.2) is 0 Å². The van der Waals surface area contributed by atoms with Crippen molar-refractivity contribution < 1.29 is 9.59 Å². The van der Waals surface area contributed by atoms with Crippen molar-refractivity contribution in [3.63, 3.8) is 0 Å². The minimum absolute atomic E-state index is 0.0432. The monoisotopic (exact) mass is 243 g/mol. The molecule has 0 aliphatic heterocycles. The molecule has 0 atom stereocenters. The Bertz CT molecular complexity index is 242. The summed E-state index contributed by atoms with van der Waals surface area (Å²) in [6.45, 7) is 7.60. The van der Waals surface area contributed by atoms with Crippen LogP contribution in [0.1, 0.15) is 33.6 Å². The van der Waals surface area contributed by atoms with Crippen molar-refractivity contribution in [2.75, 3.05) is 26.7 Å². The van der Waals surface area contributed by atoms with Gasteiger partial charge in [-0.05, 0) is 19.9 Å². The second kappa shape index (κ2) is 8.98. The molecule has 0 aromatic heterocycles. The van der Waals surface area contributed by atoms with Gasteiger partial charge < -0.3 is 15.5 Å². The van der Waals surface area contributed by atoms with Crippen molar-refractivity contribution in [1.82, 2.24) is 15.5 Å². The lowest BCUT2D eigenvalue weighted by Crippen LogP contribution is -2.39. The van der Waals surface area contributed by atoms with E-state index in [0.717, 1.165) is 13.0 Å². The van der Waals surface area contributed by atoms with Crippen LogP contribution >= 0.6 is 0 Å². The first-order valence-corrected chi connectivity index (χ1v) is 6.23. The Morgan fingerprint density at radius 1 is 1.29 bits per heavy atom. The first-order chi connectivity index (χ1) is 8.01.